The van der Waals surface area contributed by atoms with Gasteiger partial charge in [-0.1, -0.05) is 18.6 Å². The Balaban J connectivity index is 1.38. The second-order valence-electron chi connectivity index (χ2n) is 9.50. The molecule has 0 heterocycles. The predicted octanol–water partition coefficient (Wildman–Crippen LogP) is 7.46. The molecule has 0 aromatic heterocycles. The first kappa shape index (κ1) is 23.5. The van der Waals surface area contributed by atoms with Gasteiger partial charge in [-0.2, -0.15) is 0 Å². The summed E-state index contributed by atoms with van der Waals surface area (Å²) in [5, 5.41) is 0. The molecule has 176 valence electrons. The van der Waals surface area contributed by atoms with E-state index in [2.05, 4.69) is 6.58 Å². The number of methoxy groups -OCH3 is 1. The minimum absolute atomic E-state index is 0.00351. The SMILES string of the molecule is C=CCCC1CCC2CC(c3ccc(C(=O)Oc4ccc(OC)c(F)c4)c(F)c3)CCC2C1. The van der Waals surface area contributed by atoms with Gasteiger partial charge in [0.05, 0.1) is 12.7 Å². The third kappa shape index (κ3) is 5.45. The summed E-state index contributed by atoms with van der Waals surface area (Å²) in [6.45, 7) is 3.85. The molecule has 2 saturated carbocycles. The molecule has 4 atom stereocenters. The van der Waals surface area contributed by atoms with Gasteiger partial charge in [-0.15, -0.1) is 6.58 Å². The number of fused-ring (bicyclic) bond motifs is 1. The highest BCUT2D eigenvalue weighted by molar-refractivity contribution is 5.91. The van der Waals surface area contributed by atoms with Crippen LogP contribution in [0.15, 0.2) is 49.1 Å². The summed E-state index contributed by atoms with van der Waals surface area (Å²) in [7, 11) is 1.35. The normalized spacial score (nSPS) is 24.6. The molecule has 0 bridgehead atoms. The van der Waals surface area contributed by atoms with Gasteiger partial charge in [0.1, 0.15) is 11.6 Å². The van der Waals surface area contributed by atoms with Crippen LogP contribution < -0.4 is 9.47 Å². The number of hydrogen-bond donors (Lipinski definition) is 0. The molecular formula is C28H32F2O3. The van der Waals surface area contributed by atoms with E-state index in [0.29, 0.717) is 11.8 Å². The molecular weight excluding hydrogens is 422 g/mol. The molecule has 0 amide bonds. The standard InChI is InChI=1S/C28H32F2O3/c1-3-4-5-18-6-7-20-15-21(9-8-19(20)14-18)22-10-12-24(25(29)16-22)28(31)33-23-11-13-27(32-2)26(30)17-23/h3,10-13,16-21H,1,4-9,14-15H2,2H3. The maximum Gasteiger partial charge on any atom is 0.346 e. The summed E-state index contributed by atoms with van der Waals surface area (Å²) < 4.78 is 38.7. The Bertz CT molecular complexity index is 1000. The number of carbonyl (C=O) groups excluding carboxylic acids is 1. The molecule has 0 spiro atoms. The Hall–Kier alpha value is -2.69. The minimum Gasteiger partial charge on any atom is -0.494 e. The van der Waals surface area contributed by atoms with Gasteiger partial charge in [0.2, 0.25) is 0 Å². The van der Waals surface area contributed by atoms with E-state index in [1.807, 2.05) is 12.1 Å². The lowest BCUT2D eigenvalue weighted by Gasteiger charge is -2.42. The molecule has 4 unspecified atom stereocenters. The van der Waals surface area contributed by atoms with E-state index >= 15 is 0 Å². The first-order valence-corrected chi connectivity index (χ1v) is 11.9. The zero-order valence-corrected chi connectivity index (χ0v) is 19.2. The Labute approximate surface area is 194 Å². The molecule has 0 N–H and O–H groups in total. The molecule has 2 aliphatic carbocycles. The van der Waals surface area contributed by atoms with Gasteiger partial charge in [-0.05, 0) is 98.4 Å². The maximum atomic E-state index is 14.9. The number of carbonyl (C=O) groups is 1. The average Bonchev–Trinajstić information content (AvgIpc) is 2.82. The Morgan fingerprint density at radius 2 is 1.82 bits per heavy atom. The molecule has 2 fully saturated rings. The van der Waals surface area contributed by atoms with Crippen molar-refractivity contribution in [3.8, 4) is 11.5 Å². The molecule has 2 aliphatic rings. The highest BCUT2D eigenvalue weighted by Gasteiger charge is 2.36. The van der Waals surface area contributed by atoms with Crippen LogP contribution in [0.1, 0.15) is 73.2 Å². The van der Waals surface area contributed by atoms with Crippen LogP contribution in [0.4, 0.5) is 8.78 Å². The van der Waals surface area contributed by atoms with Crippen LogP contribution >= 0.6 is 0 Å². The summed E-state index contributed by atoms with van der Waals surface area (Å²) in [4.78, 5) is 12.5. The van der Waals surface area contributed by atoms with E-state index in [9.17, 15) is 13.6 Å². The second-order valence-corrected chi connectivity index (χ2v) is 9.50. The van der Waals surface area contributed by atoms with E-state index in [0.717, 1.165) is 42.7 Å². The van der Waals surface area contributed by atoms with Crippen LogP contribution in [0, 0.1) is 29.4 Å². The number of allylic oxidation sites excluding steroid dienone is 1. The monoisotopic (exact) mass is 454 g/mol. The van der Waals surface area contributed by atoms with Crippen molar-refractivity contribution < 1.29 is 23.0 Å². The molecule has 4 rings (SSSR count). The lowest BCUT2D eigenvalue weighted by Crippen LogP contribution is -2.30. The number of benzene rings is 2. The van der Waals surface area contributed by atoms with Gasteiger partial charge in [-0.3, -0.25) is 0 Å². The van der Waals surface area contributed by atoms with Crippen LogP contribution in [-0.2, 0) is 0 Å². The number of ether oxygens (including phenoxy) is 2. The third-order valence-electron chi connectivity index (χ3n) is 7.52. The van der Waals surface area contributed by atoms with Crippen molar-refractivity contribution >= 4 is 5.97 Å². The Morgan fingerprint density at radius 3 is 2.55 bits per heavy atom. The lowest BCUT2D eigenvalue weighted by atomic mass is 9.63. The van der Waals surface area contributed by atoms with Crippen LogP contribution in [0.3, 0.4) is 0 Å². The van der Waals surface area contributed by atoms with Gasteiger partial charge >= 0.3 is 5.97 Å². The third-order valence-corrected chi connectivity index (χ3v) is 7.52. The summed E-state index contributed by atoms with van der Waals surface area (Å²) in [5.74, 6) is 0.606. The van der Waals surface area contributed by atoms with Gasteiger partial charge in [0.15, 0.2) is 11.6 Å². The molecule has 0 radical (unpaired) electrons. The fourth-order valence-corrected chi connectivity index (χ4v) is 5.73. The first-order chi connectivity index (χ1) is 16.0. The molecule has 5 heteroatoms. The predicted molar refractivity (Wildman–Crippen MR) is 125 cm³/mol. The first-order valence-electron chi connectivity index (χ1n) is 11.9. The van der Waals surface area contributed by atoms with Crippen molar-refractivity contribution in [1.82, 2.24) is 0 Å². The largest absolute Gasteiger partial charge is 0.494 e. The van der Waals surface area contributed by atoms with Crippen molar-refractivity contribution in [2.24, 2.45) is 17.8 Å². The fourth-order valence-electron chi connectivity index (χ4n) is 5.73. The summed E-state index contributed by atoms with van der Waals surface area (Å²) in [6.07, 6.45) is 11.6. The Kier molecular flexibility index (Phi) is 7.46. The Morgan fingerprint density at radius 1 is 1.03 bits per heavy atom. The summed E-state index contributed by atoms with van der Waals surface area (Å²) >= 11 is 0. The zero-order chi connectivity index (χ0) is 23.4. The van der Waals surface area contributed by atoms with Gasteiger partial charge in [-0.25, -0.2) is 13.6 Å². The summed E-state index contributed by atoms with van der Waals surface area (Å²) in [5.41, 5.74) is 0.804. The fraction of sp³-hybridized carbons (Fsp3) is 0.464. The van der Waals surface area contributed by atoms with Crippen LogP contribution in [0.2, 0.25) is 0 Å². The van der Waals surface area contributed by atoms with E-state index in [4.69, 9.17) is 9.47 Å². The van der Waals surface area contributed by atoms with E-state index in [1.54, 1.807) is 0 Å². The number of rotatable bonds is 7. The van der Waals surface area contributed by atoms with E-state index in [-0.39, 0.29) is 17.1 Å². The summed E-state index contributed by atoms with van der Waals surface area (Å²) in [6, 6.07) is 8.64. The maximum absolute atomic E-state index is 14.9. The van der Waals surface area contributed by atoms with Crippen LogP contribution in [0.25, 0.3) is 0 Å². The van der Waals surface area contributed by atoms with Crippen molar-refractivity contribution in [3.63, 3.8) is 0 Å². The van der Waals surface area contributed by atoms with Gasteiger partial charge in [0.25, 0.3) is 0 Å². The quantitative estimate of drug-likeness (QED) is 0.247. The molecule has 2 aromatic rings. The van der Waals surface area contributed by atoms with Crippen molar-refractivity contribution in [3.05, 3.63) is 71.8 Å². The topological polar surface area (TPSA) is 35.5 Å². The van der Waals surface area contributed by atoms with Crippen molar-refractivity contribution in [2.45, 2.75) is 57.3 Å². The van der Waals surface area contributed by atoms with Gasteiger partial charge < -0.3 is 9.47 Å². The number of halogens is 2. The van der Waals surface area contributed by atoms with Gasteiger partial charge in [0, 0.05) is 6.07 Å². The number of hydrogen-bond acceptors (Lipinski definition) is 3. The van der Waals surface area contributed by atoms with Crippen molar-refractivity contribution in [2.75, 3.05) is 7.11 Å². The van der Waals surface area contributed by atoms with E-state index < -0.39 is 17.6 Å². The lowest BCUT2D eigenvalue weighted by molar-refractivity contribution is 0.0729. The zero-order valence-electron chi connectivity index (χ0n) is 19.2. The van der Waals surface area contributed by atoms with Crippen molar-refractivity contribution in [1.29, 1.82) is 0 Å². The molecule has 33 heavy (non-hydrogen) atoms. The molecule has 0 aliphatic heterocycles. The molecule has 2 aromatic carbocycles. The smallest absolute Gasteiger partial charge is 0.346 e. The highest BCUT2D eigenvalue weighted by atomic mass is 19.1. The highest BCUT2D eigenvalue weighted by Crippen LogP contribution is 2.48. The second kappa shape index (κ2) is 10.5. The average molecular weight is 455 g/mol. The molecule has 3 nitrogen and oxygen atoms in total. The van der Waals surface area contributed by atoms with E-state index in [1.165, 1.54) is 63.5 Å². The van der Waals surface area contributed by atoms with Crippen LogP contribution in [-0.4, -0.2) is 13.1 Å². The number of esters is 1. The van der Waals surface area contributed by atoms with Crippen LogP contribution in [0.5, 0.6) is 11.5 Å². The minimum atomic E-state index is -0.842. The molecule has 0 saturated heterocycles.